The highest BCUT2D eigenvalue weighted by atomic mass is 32.1. The van der Waals surface area contributed by atoms with Gasteiger partial charge in [-0.1, -0.05) is 30.3 Å². The van der Waals surface area contributed by atoms with Gasteiger partial charge in [-0.15, -0.1) is 11.3 Å². The lowest BCUT2D eigenvalue weighted by Gasteiger charge is -2.29. The first kappa shape index (κ1) is 34.0. The van der Waals surface area contributed by atoms with Crippen LogP contribution in [-0.2, 0) is 19.3 Å². The van der Waals surface area contributed by atoms with Crippen molar-refractivity contribution < 1.29 is 32.3 Å². The Labute approximate surface area is 274 Å². The quantitative estimate of drug-likeness (QED) is 0.186. The van der Waals surface area contributed by atoms with E-state index >= 15 is 0 Å². The smallest absolute Gasteiger partial charge is 0.389 e. The number of nitrogens with one attached hydrogen (secondary N) is 1. The lowest BCUT2D eigenvalue weighted by atomic mass is 9.99. The van der Waals surface area contributed by atoms with Gasteiger partial charge in [0.15, 0.2) is 0 Å². The summed E-state index contributed by atoms with van der Waals surface area (Å²) in [6.45, 7) is 1.35. The van der Waals surface area contributed by atoms with E-state index in [0.29, 0.717) is 6.54 Å². The number of carbonyl (C=O) groups excluding carboxylic acids is 2. The molecule has 1 aliphatic heterocycles. The average Bonchev–Trinajstić information content (AvgIpc) is 3.73. The Morgan fingerprint density at radius 1 is 1.11 bits per heavy atom. The minimum Gasteiger partial charge on any atom is -0.389 e. The number of nitrogens with zero attached hydrogens (tertiary/aromatic N) is 4. The molecule has 2 N–H and O–H groups in total. The van der Waals surface area contributed by atoms with Gasteiger partial charge in [0.1, 0.15) is 11.7 Å². The van der Waals surface area contributed by atoms with Gasteiger partial charge in [0.2, 0.25) is 0 Å². The maximum absolute atomic E-state index is 14.0. The third-order valence-corrected chi connectivity index (χ3v) is 9.19. The van der Waals surface area contributed by atoms with Gasteiger partial charge < -0.3 is 20.2 Å². The minimum atomic E-state index is -4.59. The molecule has 47 heavy (non-hydrogen) atoms. The standard InChI is InChI=1S/C34H35F4N5O3S/c1-21-20-47-32(40-21)29-9-6-10-43(29)33(46)25-12-23(16-35)11-24(14-25)31(45)41-28(13-22-7-4-3-5-8-22)30(44)19-42(2)27-15-26(17-39-18-27)34(36,37)38/h3-5,7-8,11-12,14-15,17-18,20,28-30,44H,6,9-10,13,16,19H2,1-2H3,(H,41,45)/t28-,29+,30+/m0/s1. The van der Waals surface area contributed by atoms with Crippen LogP contribution in [0.3, 0.4) is 0 Å². The number of aromatic nitrogens is 2. The molecule has 0 spiro atoms. The van der Waals surface area contributed by atoms with Crippen LogP contribution in [0.1, 0.15) is 67.0 Å². The van der Waals surface area contributed by atoms with Crippen molar-refractivity contribution in [2.24, 2.45) is 0 Å². The minimum absolute atomic E-state index is 0.0463. The molecule has 1 aliphatic rings. The van der Waals surface area contributed by atoms with Crippen LogP contribution in [0.4, 0.5) is 23.2 Å². The second kappa shape index (κ2) is 14.6. The van der Waals surface area contributed by atoms with Crippen molar-refractivity contribution in [2.75, 3.05) is 25.0 Å². The molecule has 4 aromatic rings. The summed E-state index contributed by atoms with van der Waals surface area (Å²) in [5, 5.41) is 16.9. The summed E-state index contributed by atoms with van der Waals surface area (Å²) < 4.78 is 53.9. The first-order valence-electron chi connectivity index (χ1n) is 15.1. The summed E-state index contributed by atoms with van der Waals surface area (Å²) in [7, 11) is 1.52. The molecule has 3 atom stereocenters. The molecule has 0 aliphatic carbocycles. The van der Waals surface area contributed by atoms with Gasteiger partial charge in [0, 0.05) is 48.5 Å². The van der Waals surface area contributed by atoms with E-state index in [2.05, 4.69) is 15.3 Å². The number of benzene rings is 2. The van der Waals surface area contributed by atoms with Gasteiger partial charge in [0.25, 0.3) is 11.8 Å². The largest absolute Gasteiger partial charge is 0.417 e. The van der Waals surface area contributed by atoms with Crippen molar-refractivity contribution in [2.45, 2.75) is 57.2 Å². The van der Waals surface area contributed by atoms with E-state index in [-0.39, 0.29) is 47.3 Å². The number of aliphatic hydroxyl groups is 1. The van der Waals surface area contributed by atoms with Gasteiger partial charge in [-0.2, -0.15) is 13.2 Å². The van der Waals surface area contributed by atoms with Crippen molar-refractivity contribution in [3.05, 3.63) is 111 Å². The fourth-order valence-corrected chi connectivity index (χ4v) is 6.63. The van der Waals surface area contributed by atoms with E-state index < -0.39 is 36.5 Å². The number of amides is 2. The van der Waals surface area contributed by atoms with Gasteiger partial charge in [-0.25, -0.2) is 9.37 Å². The van der Waals surface area contributed by atoms with E-state index in [9.17, 15) is 32.3 Å². The molecule has 0 unspecified atom stereocenters. The number of pyridine rings is 1. The normalized spacial score (nSPS) is 16.1. The van der Waals surface area contributed by atoms with E-state index in [4.69, 9.17) is 0 Å². The Kier molecular flexibility index (Phi) is 10.6. The van der Waals surface area contributed by atoms with Crippen LogP contribution in [0.5, 0.6) is 0 Å². The van der Waals surface area contributed by atoms with Crippen LogP contribution >= 0.6 is 11.3 Å². The van der Waals surface area contributed by atoms with Gasteiger partial charge in [-0.3, -0.25) is 14.6 Å². The fraction of sp³-hybridized carbons (Fsp3) is 0.353. The molecule has 248 valence electrons. The van der Waals surface area contributed by atoms with Gasteiger partial charge >= 0.3 is 6.18 Å². The number of likely N-dealkylation sites (N-methyl/N-ethyl adjacent to an activating group) is 1. The summed E-state index contributed by atoms with van der Waals surface area (Å²) in [5.74, 6) is -0.965. The van der Waals surface area contributed by atoms with Crippen LogP contribution < -0.4 is 10.2 Å². The number of carbonyl (C=O) groups is 2. The SMILES string of the molecule is Cc1csc([C@H]2CCCN2C(=O)c2cc(CF)cc(C(=O)N[C@@H](Cc3ccccc3)[C@H](O)CN(C)c3cncc(C(F)(F)F)c3)c2)n1. The van der Waals surface area contributed by atoms with Crippen LogP contribution in [0.25, 0.3) is 0 Å². The van der Waals surface area contributed by atoms with Crippen LogP contribution in [0, 0.1) is 6.92 Å². The average molecular weight is 670 g/mol. The number of aryl methyl sites for hydroxylation is 1. The number of halogens is 4. The number of thiazole rings is 1. The first-order valence-corrected chi connectivity index (χ1v) is 16.0. The van der Waals surface area contributed by atoms with Crippen molar-refractivity contribution >= 4 is 28.8 Å². The topological polar surface area (TPSA) is 98.7 Å². The number of hydrogen-bond acceptors (Lipinski definition) is 7. The summed E-state index contributed by atoms with van der Waals surface area (Å²) in [6, 6.07) is 13.1. The number of anilines is 1. The summed E-state index contributed by atoms with van der Waals surface area (Å²) in [4.78, 5) is 38.8. The molecule has 5 rings (SSSR count). The lowest BCUT2D eigenvalue weighted by molar-refractivity contribution is -0.137. The highest BCUT2D eigenvalue weighted by molar-refractivity contribution is 7.09. The van der Waals surface area contributed by atoms with E-state index in [1.807, 2.05) is 42.6 Å². The number of hydrogen-bond donors (Lipinski definition) is 2. The zero-order valence-corrected chi connectivity index (χ0v) is 26.7. The maximum atomic E-state index is 14.0. The van der Waals surface area contributed by atoms with Crippen LogP contribution in [0.15, 0.2) is 72.4 Å². The van der Waals surface area contributed by atoms with E-state index in [0.717, 1.165) is 41.4 Å². The highest BCUT2D eigenvalue weighted by Gasteiger charge is 2.34. The zero-order valence-electron chi connectivity index (χ0n) is 25.9. The third-order valence-electron chi connectivity index (χ3n) is 8.12. The summed E-state index contributed by atoms with van der Waals surface area (Å²) >= 11 is 1.48. The predicted octanol–water partition coefficient (Wildman–Crippen LogP) is 6.15. The molecule has 0 radical (unpaired) electrons. The molecule has 13 heteroatoms. The second-order valence-corrected chi connectivity index (χ2v) is 12.6. The number of rotatable bonds is 11. The molecular formula is C34H35F4N5O3S. The highest BCUT2D eigenvalue weighted by Crippen LogP contribution is 2.35. The monoisotopic (exact) mass is 669 g/mol. The molecule has 0 saturated carbocycles. The molecule has 8 nitrogen and oxygen atoms in total. The second-order valence-electron chi connectivity index (χ2n) is 11.7. The van der Waals surface area contributed by atoms with Crippen molar-refractivity contribution in [1.82, 2.24) is 20.2 Å². The van der Waals surface area contributed by atoms with Gasteiger partial charge in [0.05, 0.1) is 35.6 Å². The third kappa shape index (κ3) is 8.33. The number of aliphatic hydroxyl groups excluding tert-OH is 1. The van der Waals surface area contributed by atoms with Gasteiger partial charge in [-0.05, 0) is 61.6 Å². The fourth-order valence-electron chi connectivity index (χ4n) is 5.69. The lowest BCUT2D eigenvalue weighted by Crippen LogP contribution is -2.49. The number of alkyl halides is 4. The van der Waals surface area contributed by atoms with Crippen LogP contribution in [0.2, 0.25) is 0 Å². The summed E-state index contributed by atoms with van der Waals surface area (Å²) in [6.07, 6.45) is -2.12. The molecule has 0 bridgehead atoms. The van der Waals surface area contributed by atoms with Crippen molar-refractivity contribution in [3.63, 3.8) is 0 Å². The maximum Gasteiger partial charge on any atom is 0.417 e. The van der Waals surface area contributed by atoms with E-state index in [1.165, 1.54) is 47.7 Å². The molecule has 2 aromatic carbocycles. The van der Waals surface area contributed by atoms with Crippen molar-refractivity contribution in [3.8, 4) is 0 Å². The Morgan fingerprint density at radius 2 is 1.85 bits per heavy atom. The van der Waals surface area contributed by atoms with E-state index in [1.54, 1.807) is 4.90 Å². The summed E-state index contributed by atoms with van der Waals surface area (Å²) in [5.41, 5.74) is 1.24. The molecular weight excluding hydrogens is 634 g/mol. The molecule has 2 amide bonds. The molecule has 3 heterocycles. The van der Waals surface area contributed by atoms with Crippen molar-refractivity contribution in [1.29, 1.82) is 0 Å². The zero-order chi connectivity index (χ0) is 33.7. The Hall–Kier alpha value is -4.36. The van der Waals surface area contributed by atoms with Crippen LogP contribution in [-0.4, -0.2) is 64.1 Å². The predicted molar refractivity (Wildman–Crippen MR) is 171 cm³/mol. The molecule has 2 aromatic heterocycles. The molecule has 1 saturated heterocycles. The molecule has 1 fully saturated rings. The Bertz CT molecular complexity index is 1700. The first-order chi connectivity index (χ1) is 22.4. The number of likely N-dealkylation sites (tertiary alicyclic amines) is 1. The Morgan fingerprint density at radius 3 is 2.53 bits per heavy atom. The Balaban J connectivity index is 1.37.